The van der Waals surface area contributed by atoms with Crippen LogP contribution >= 0.6 is 0 Å². The normalized spacial score (nSPS) is 13.6. The third-order valence-corrected chi connectivity index (χ3v) is 8.69. The smallest absolute Gasteiger partial charge is 0.268 e. The fraction of sp³-hybridized carbons (Fsp3) is 0.172. The van der Waals surface area contributed by atoms with Crippen LogP contribution in [0, 0.1) is 13.8 Å². The number of hydrogen-bond donors (Lipinski definition) is 1. The summed E-state index contributed by atoms with van der Waals surface area (Å²) in [5.41, 5.74) is 6.23. The quantitative estimate of drug-likeness (QED) is 0.388. The molecule has 0 spiro atoms. The number of aryl methyl sites for hydroxylation is 2. The Balaban J connectivity index is 1.52. The Morgan fingerprint density at radius 1 is 0.919 bits per heavy atom. The number of nitrogens with one attached hydrogen (secondary N) is 1. The Morgan fingerprint density at radius 3 is 2.43 bits per heavy atom. The van der Waals surface area contributed by atoms with Crippen LogP contribution < -0.4 is 10.9 Å². The third-order valence-electron chi connectivity index (χ3n) is 6.92. The maximum absolute atomic E-state index is 13.9. The highest BCUT2D eigenvalue weighted by molar-refractivity contribution is 7.90. The second kappa shape index (κ2) is 8.83. The highest BCUT2D eigenvalue weighted by Gasteiger charge is 2.28. The van der Waals surface area contributed by atoms with Gasteiger partial charge in [0.15, 0.2) is 0 Å². The van der Waals surface area contributed by atoms with Crippen molar-refractivity contribution in [1.82, 2.24) is 18.8 Å². The van der Waals surface area contributed by atoms with E-state index >= 15 is 0 Å². The highest BCUT2D eigenvalue weighted by atomic mass is 32.2. The molecule has 5 aromatic rings. The summed E-state index contributed by atoms with van der Waals surface area (Å²) in [5, 5.41) is 4.23. The fourth-order valence-electron chi connectivity index (χ4n) is 4.97. The molecule has 6 rings (SSSR count). The van der Waals surface area contributed by atoms with Crippen molar-refractivity contribution < 1.29 is 8.42 Å². The molecule has 0 aliphatic carbocycles. The Labute approximate surface area is 215 Å². The van der Waals surface area contributed by atoms with Crippen LogP contribution in [0.1, 0.15) is 22.4 Å². The number of pyridine rings is 2. The molecule has 7 nitrogen and oxygen atoms in total. The van der Waals surface area contributed by atoms with Gasteiger partial charge in [-0.15, -0.1) is 0 Å². The first-order valence-electron chi connectivity index (χ1n) is 12.2. The van der Waals surface area contributed by atoms with E-state index < -0.39 is 10.0 Å². The molecule has 3 aromatic heterocycles. The molecule has 1 aliphatic rings. The number of fused-ring (bicyclic) bond motifs is 3. The van der Waals surface area contributed by atoms with Gasteiger partial charge >= 0.3 is 0 Å². The van der Waals surface area contributed by atoms with E-state index in [9.17, 15) is 13.2 Å². The maximum atomic E-state index is 13.9. The van der Waals surface area contributed by atoms with Gasteiger partial charge in [-0.3, -0.25) is 14.3 Å². The van der Waals surface area contributed by atoms with Crippen LogP contribution in [0.3, 0.4) is 0 Å². The standard InChI is InChI=1S/C29H26N4O3S/c1-19-3-7-23(8-4-19)37(35,36)33-27-11-13-30-18-25(27)24-9-6-22(16-28(24)33)32-14-12-21(15-29(32)34)26-10-5-20(2)17-31-26/h3-10,12,14-17,30H,11,13,18H2,1-2H3. The number of rotatable bonds is 4. The molecule has 0 saturated carbocycles. The summed E-state index contributed by atoms with van der Waals surface area (Å²) < 4.78 is 30.8. The highest BCUT2D eigenvalue weighted by Crippen LogP contribution is 2.33. The van der Waals surface area contributed by atoms with E-state index in [1.807, 2.05) is 56.3 Å². The van der Waals surface area contributed by atoms with E-state index in [4.69, 9.17) is 0 Å². The molecule has 0 bridgehead atoms. The summed E-state index contributed by atoms with van der Waals surface area (Å²) in [6.07, 6.45) is 4.08. The van der Waals surface area contributed by atoms with Gasteiger partial charge in [-0.1, -0.05) is 29.8 Å². The van der Waals surface area contributed by atoms with Crippen LogP contribution in [0.4, 0.5) is 0 Å². The lowest BCUT2D eigenvalue weighted by Crippen LogP contribution is -2.26. The van der Waals surface area contributed by atoms with E-state index in [2.05, 4.69) is 10.3 Å². The van der Waals surface area contributed by atoms with Crippen LogP contribution in [0.2, 0.25) is 0 Å². The van der Waals surface area contributed by atoms with Crippen molar-refractivity contribution in [3.8, 4) is 16.9 Å². The summed E-state index contributed by atoms with van der Waals surface area (Å²) in [6, 6.07) is 19.7. The summed E-state index contributed by atoms with van der Waals surface area (Å²) in [5.74, 6) is 0. The molecule has 1 N–H and O–H groups in total. The minimum atomic E-state index is -3.84. The average molecular weight is 511 g/mol. The van der Waals surface area contributed by atoms with Gasteiger partial charge in [-0.2, -0.15) is 0 Å². The molecular weight excluding hydrogens is 484 g/mol. The zero-order valence-corrected chi connectivity index (χ0v) is 21.4. The molecule has 37 heavy (non-hydrogen) atoms. The minimum Gasteiger partial charge on any atom is -0.312 e. The molecule has 0 amide bonds. The summed E-state index contributed by atoms with van der Waals surface area (Å²) in [7, 11) is -3.84. The molecule has 0 unspecified atom stereocenters. The Morgan fingerprint density at radius 2 is 1.70 bits per heavy atom. The number of benzene rings is 2. The fourth-order valence-corrected chi connectivity index (χ4v) is 6.56. The first kappa shape index (κ1) is 23.4. The van der Waals surface area contributed by atoms with Crippen LogP contribution in [-0.4, -0.2) is 28.5 Å². The van der Waals surface area contributed by atoms with Gasteiger partial charge in [0.2, 0.25) is 0 Å². The molecule has 8 heteroatoms. The van der Waals surface area contributed by atoms with Gasteiger partial charge in [0, 0.05) is 54.6 Å². The predicted octanol–water partition coefficient (Wildman–Crippen LogP) is 4.35. The van der Waals surface area contributed by atoms with Crippen LogP contribution in [0.15, 0.2) is 88.8 Å². The van der Waals surface area contributed by atoms with Crippen molar-refractivity contribution in [2.45, 2.75) is 31.7 Å². The van der Waals surface area contributed by atoms with Gasteiger partial charge in [0.1, 0.15) is 0 Å². The van der Waals surface area contributed by atoms with E-state index in [1.54, 1.807) is 36.7 Å². The zero-order valence-electron chi connectivity index (χ0n) is 20.6. The summed E-state index contributed by atoms with van der Waals surface area (Å²) in [6.45, 7) is 5.19. The van der Waals surface area contributed by atoms with Crippen molar-refractivity contribution in [1.29, 1.82) is 0 Å². The van der Waals surface area contributed by atoms with Crippen LogP contribution in [-0.2, 0) is 23.0 Å². The first-order chi connectivity index (χ1) is 17.8. The van der Waals surface area contributed by atoms with E-state index in [0.29, 0.717) is 30.7 Å². The van der Waals surface area contributed by atoms with Crippen LogP contribution in [0.5, 0.6) is 0 Å². The van der Waals surface area contributed by atoms with Gasteiger partial charge in [0.25, 0.3) is 15.6 Å². The monoisotopic (exact) mass is 510 g/mol. The Hall–Kier alpha value is -4.01. The second-order valence-corrected chi connectivity index (χ2v) is 11.3. The number of aromatic nitrogens is 3. The predicted molar refractivity (Wildman–Crippen MR) is 145 cm³/mol. The minimum absolute atomic E-state index is 0.217. The largest absolute Gasteiger partial charge is 0.312 e. The van der Waals surface area contributed by atoms with E-state index in [-0.39, 0.29) is 10.5 Å². The van der Waals surface area contributed by atoms with Crippen molar-refractivity contribution in [3.05, 3.63) is 112 Å². The maximum Gasteiger partial charge on any atom is 0.268 e. The molecule has 0 radical (unpaired) electrons. The number of nitrogens with zero attached hydrogens (tertiary/aromatic N) is 3. The Kier molecular flexibility index (Phi) is 5.58. The van der Waals surface area contributed by atoms with E-state index in [1.165, 1.54) is 8.54 Å². The zero-order chi connectivity index (χ0) is 25.7. The lowest BCUT2D eigenvalue weighted by atomic mass is 10.1. The first-order valence-corrected chi connectivity index (χ1v) is 13.6. The summed E-state index contributed by atoms with van der Waals surface area (Å²) >= 11 is 0. The molecule has 0 fully saturated rings. The molecule has 4 heterocycles. The molecule has 0 atom stereocenters. The Bertz CT molecular complexity index is 1820. The summed E-state index contributed by atoms with van der Waals surface area (Å²) in [4.78, 5) is 17.8. The molecule has 0 saturated heterocycles. The van der Waals surface area contributed by atoms with Crippen molar-refractivity contribution in [3.63, 3.8) is 0 Å². The molecule has 186 valence electrons. The van der Waals surface area contributed by atoms with Crippen molar-refractivity contribution >= 4 is 20.9 Å². The lowest BCUT2D eigenvalue weighted by Gasteiger charge is -2.17. The van der Waals surface area contributed by atoms with Crippen molar-refractivity contribution in [2.75, 3.05) is 6.54 Å². The van der Waals surface area contributed by atoms with Gasteiger partial charge in [-0.25, -0.2) is 12.4 Å². The number of hydrogen-bond acceptors (Lipinski definition) is 5. The van der Waals surface area contributed by atoms with Gasteiger partial charge < -0.3 is 5.32 Å². The molecular formula is C29H26N4O3S. The third kappa shape index (κ3) is 3.98. The van der Waals surface area contributed by atoms with E-state index in [0.717, 1.165) is 39.0 Å². The van der Waals surface area contributed by atoms with Gasteiger partial charge in [0.05, 0.1) is 21.8 Å². The van der Waals surface area contributed by atoms with Gasteiger partial charge in [-0.05, 0) is 61.4 Å². The topological polar surface area (TPSA) is 86.0 Å². The average Bonchev–Trinajstić information content (AvgIpc) is 3.24. The molecule has 1 aliphatic heterocycles. The molecule has 2 aromatic carbocycles. The van der Waals surface area contributed by atoms with Crippen LogP contribution in [0.25, 0.3) is 27.8 Å². The second-order valence-electron chi connectivity index (χ2n) is 9.48. The lowest BCUT2D eigenvalue weighted by molar-refractivity contribution is 0.580. The van der Waals surface area contributed by atoms with Crippen molar-refractivity contribution in [2.24, 2.45) is 0 Å². The SMILES string of the molecule is Cc1ccc(S(=O)(=O)n2c3c(c4ccc(-n5ccc(-c6ccc(C)cn6)cc5=O)cc42)CNCC3)cc1.